The average Bonchev–Trinajstić information content (AvgIpc) is 2.74. The lowest BCUT2D eigenvalue weighted by atomic mass is 10.1. The molecule has 8 heteroatoms. The molecule has 7 nitrogen and oxygen atoms in total. The summed E-state index contributed by atoms with van der Waals surface area (Å²) >= 11 is 0. The number of hydrogen-bond donors (Lipinski definition) is 1. The maximum Gasteiger partial charge on any atom is 0.266 e. The second-order valence-electron chi connectivity index (χ2n) is 6.10. The lowest BCUT2D eigenvalue weighted by Crippen LogP contribution is -2.34. The summed E-state index contributed by atoms with van der Waals surface area (Å²) < 4.78 is 24.6. The third-order valence-electron chi connectivity index (χ3n) is 4.06. The summed E-state index contributed by atoms with van der Waals surface area (Å²) in [5.41, 5.74) is 1.16. The number of ether oxygens (including phenoxy) is 2. The van der Waals surface area contributed by atoms with Crippen LogP contribution in [0.25, 0.3) is 11.3 Å². The summed E-state index contributed by atoms with van der Waals surface area (Å²) in [5, 5.41) is 7.01. The van der Waals surface area contributed by atoms with Gasteiger partial charge in [0.2, 0.25) is 0 Å². The highest BCUT2D eigenvalue weighted by atomic mass is 19.1. The van der Waals surface area contributed by atoms with E-state index in [-0.39, 0.29) is 37.0 Å². The normalized spacial score (nSPS) is 10.4. The Labute approximate surface area is 166 Å². The second kappa shape index (κ2) is 9.50. The molecule has 0 fully saturated rings. The Balaban J connectivity index is 1.55. The van der Waals surface area contributed by atoms with Crippen LogP contribution >= 0.6 is 0 Å². The van der Waals surface area contributed by atoms with Crippen LogP contribution in [0.5, 0.6) is 11.5 Å². The van der Waals surface area contributed by atoms with Gasteiger partial charge in [0, 0.05) is 18.2 Å². The van der Waals surface area contributed by atoms with Crippen LogP contribution in [0.2, 0.25) is 0 Å². The number of nitrogens with one attached hydrogen (secondary N) is 1. The predicted octanol–water partition coefficient (Wildman–Crippen LogP) is 2.25. The fraction of sp³-hybridized carbons (Fsp3) is 0.190. The molecule has 3 aromatic rings. The molecule has 1 N–H and O–H groups in total. The van der Waals surface area contributed by atoms with Gasteiger partial charge in [-0.05, 0) is 42.5 Å². The van der Waals surface area contributed by atoms with Gasteiger partial charge >= 0.3 is 0 Å². The van der Waals surface area contributed by atoms with Crippen LogP contribution in [-0.4, -0.2) is 35.9 Å². The van der Waals surface area contributed by atoms with Crippen molar-refractivity contribution in [1.82, 2.24) is 15.1 Å². The number of halogens is 1. The summed E-state index contributed by atoms with van der Waals surface area (Å²) in [5.74, 6) is 0.350. The lowest BCUT2D eigenvalue weighted by molar-refractivity contribution is -0.123. The Morgan fingerprint density at radius 3 is 2.66 bits per heavy atom. The zero-order valence-corrected chi connectivity index (χ0v) is 15.8. The highest BCUT2D eigenvalue weighted by Crippen LogP contribution is 2.21. The van der Waals surface area contributed by atoms with E-state index in [0.29, 0.717) is 17.2 Å². The third-order valence-corrected chi connectivity index (χ3v) is 4.06. The number of methoxy groups -OCH3 is 1. The molecule has 3 rings (SSSR count). The third kappa shape index (κ3) is 5.65. The van der Waals surface area contributed by atoms with Gasteiger partial charge in [-0.1, -0.05) is 12.1 Å². The monoisotopic (exact) mass is 397 g/mol. The number of carbonyl (C=O) groups is 1. The highest BCUT2D eigenvalue weighted by molar-refractivity contribution is 5.77. The number of amides is 1. The zero-order chi connectivity index (χ0) is 20.6. The molecule has 0 atom stereocenters. The van der Waals surface area contributed by atoms with Gasteiger partial charge in [-0.2, -0.15) is 5.10 Å². The minimum absolute atomic E-state index is 0.207. The fourth-order valence-corrected chi connectivity index (χ4v) is 2.58. The fourth-order valence-electron chi connectivity index (χ4n) is 2.58. The van der Waals surface area contributed by atoms with E-state index < -0.39 is 0 Å². The summed E-state index contributed by atoms with van der Waals surface area (Å²) in [6.45, 7) is 0.205. The largest absolute Gasteiger partial charge is 0.497 e. The molecular weight excluding hydrogens is 377 g/mol. The first-order valence-corrected chi connectivity index (χ1v) is 8.93. The van der Waals surface area contributed by atoms with Crippen molar-refractivity contribution in [3.63, 3.8) is 0 Å². The number of aromatic nitrogens is 2. The van der Waals surface area contributed by atoms with Crippen LogP contribution in [0.15, 0.2) is 65.5 Å². The number of benzene rings is 2. The Morgan fingerprint density at radius 1 is 1.10 bits per heavy atom. The quantitative estimate of drug-likeness (QED) is 0.631. The summed E-state index contributed by atoms with van der Waals surface area (Å²) in [6.07, 6.45) is 0. The molecule has 1 amide bonds. The van der Waals surface area contributed by atoms with Crippen molar-refractivity contribution in [2.45, 2.75) is 6.54 Å². The van der Waals surface area contributed by atoms with E-state index in [4.69, 9.17) is 9.47 Å². The molecule has 0 radical (unpaired) electrons. The first kappa shape index (κ1) is 20.1. The van der Waals surface area contributed by atoms with E-state index in [1.807, 2.05) is 24.3 Å². The van der Waals surface area contributed by atoms with Crippen molar-refractivity contribution in [2.24, 2.45) is 0 Å². The van der Waals surface area contributed by atoms with Crippen molar-refractivity contribution < 1.29 is 18.7 Å². The van der Waals surface area contributed by atoms with E-state index in [9.17, 15) is 14.0 Å². The van der Waals surface area contributed by atoms with Crippen molar-refractivity contribution >= 4 is 5.91 Å². The van der Waals surface area contributed by atoms with E-state index in [0.717, 1.165) is 5.56 Å². The Hall–Kier alpha value is -3.68. The van der Waals surface area contributed by atoms with E-state index >= 15 is 0 Å². The lowest BCUT2D eigenvalue weighted by Gasteiger charge is -2.10. The molecule has 0 saturated carbocycles. The van der Waals surface area contributed by atoms with Crippen LogP contribution in [-0.2, 0) is 11.3 Å². The zero-order valence-electron chi connectivity index (χ0n) is 15.8. The highest BCUT2D eigenvalue weighted by Gasteiger charge is 2.07. The molecule has 150 valence electrons. The van der Waals surface area contributed by atoms with E-state index in [1.54, 1.807) is 13.2 Å². The summed E-state index contributed by atoms with van der Waals surface area (Å²) in [4.78, 5) is 23.9. The van der Waals surface area contributed by atoms with Gasteiger partial charge in [0.05, 0.1) is 19.3 Å². The first-order chi connectivity index (χ1) is 14.0. The summed E-state index contributed by atoms with van der Waals surface area (Å²) in [7, 11) is 1.58. The molecule has 0 aliphatic heterocycles. The molecule has 1 aromatic heterocycles. The molecule has 0 aliphatic carbocycles. The molecule has 0 bridgehead atoms. The van der Waals surface area contributed by atoms with Gasteiger partial charge in [-0.25, -0.2) is 9.07 Å². The van der Waals surface area contributed by atoms with E-state index in [1.165, 1.54) is 35.0 Å². The van der Waals surface area contributed by atoms with Gasteiger partial charge < -0.3 is 14.8 Å². The number of carbonyl (C=O) groups excluding carboxylic acids is 1. The molecule has 29 heavy (non-hydrogen) atoms. The minimum Gasteiger partial charge on any atom is -0.497 e. The smallest absolute Gasteiger partial charge is 0.266 e. The maximum atomic E-state index is 12.8. The SMILES string of the molecule is COc1cccc(-c2ccc(=O)n(CCNC(=O)COc3ccc(F)cc3)n2)c1. The molecule has 0 spiro atoms. The molecule has 2 aromatic carbocycles. The summed E-state index contributed by atoms with van der Waals surface area (Å²) in [6, 6.07) is 15.8. The molecule has 0 saturated heterocycles. The number of hydrogen-bond acceptors (Lipinski definition) is 5. The van der Waals surface area contributed by atoms with Gasteiger partial charge in [-0.3, -0.25) is 9.59 Å². The number of nitrogens with zero attached hydrogens (tertiary/aromatic N) is 2. The van der Waals surface area contributed by atoms with Gasteiger partial charge in [0.1, 0.15) is 17.3 Å². The maximum absolute atomic E-state index is 12.8. The molecular formula is C21H20FN3O4. The predicted molar refractivity (Wildman–Crippen MR) is 105 cm³/mol. The molecule has 0 unspecified atom stereocenters. The number of rotatable bonds is 8. The Kier molecular flexibility index (Phi) is 6.57. The molecule has 1 heterocycles. The van der Waals surface area contributed by atoms with Crippen molar-refractivity contribution in [1.29, 1.82) is 0 Å². The van der Waals surface area contributed by atoms with Crippen LogP contribution in [0.1, 0.15) is 0 Å². The van der Waals surface area contributed by atoms with Gasteiger partial charge in [-0.15, -0.1) is 0 Å². The van der Waals surface area contributed by atoms with Gasteiger partial charge in [0.15, 0.2) is 6.61 Å². The van der Waals surface area contributed by atoms with Crippen molar-refractivity contribution in [3.8, 4) is 22.8 Å². The second-order valence-corrected chi connectivity index (χ2v) is 6.10. The Bertz CT molecular complexity index is 1030. The van der Waals surface area contributed by atoms with Crippen molar-refractivity contribution in [3.05, 3.63) is 76.8 Å². The Morgan fingerprint density at radius 2 is 1.90 bits per heavy atom. The topological polar surface area (TPSA) is 82.5 Å². The van der Waals surface area contributed by atoms with Gasteiger partial charge in [0.25, 0.3) is 11.5 Å². The van der Waals surface area contributed by atoms with Crippen LogP contribution in [0.4, 0.5) is 4.39 Å². The standard InChI is InChI=1S/C21H20FN3O4/c1-28-18-4-2-3-15(13-18)19-9-10-21(27)25(24-19)12-11-23-20(26)14-29-17-7-5-16(22)6-8-17/h2-10,13H,11-12,14H2,1H3,(H,23,26). The van der Waals surface area contributed by atoms with E-state index in [2.05, 4.69) is 10.4 Å². The first-order valence-electron chi connectivity index (χ1n) is 8.93. The average molecular weight is 397 g/mol. The van der Waals surface area contributed by atoms with Crippen molar-refractivity contribution in [2.75, 3.05) is 20.3 Å². The molecule has 0 aliphatic rings. The van der Waals surface area contributed by atoms with Crippen LogP contribution < -0.4 is 20.3 Å². The van der Waals surface area contributed by atoms with Crippen LogP contribution in [0.3, 0.4) is 0 Å². The van der Waals surface area contributed by atoms with Crippen LogP contribution in [0, 0.1) is 5.82 Å². The minimum atomic E-state index is -0.379.